The second kappa shape index (κ2) is 3.90. The minimum Gasteiger partial charge on any atom is -0.272 e. The molecule has 1 rings (SSSR count). The van der Waals surface area contributed by atoms with Gasteiger partial charge in [0.1, 0.15) is 0 Å². The molecule has 0 amide bonds. The van der Waals surface area contributed by atoms with E-state index >= 15 is 0 Å². The highest BCUT2D eigenvalue weighted by atomic mass is 79.9. The Morgan fingerprint density at radius 2 is 2.36 bits per heavy atom. The van der Waals surface area contributed by atoms with E-state index < -0.39 is 0 Å². The van der Waals surface area contributed by atoms with Gasteiger partial charge in [-0.3, -0.25) is 4.68 Å². The fourth-order valence-electron chi connectivity index (χ4n) is 1.18. The van der Waals surface area contributed by atoms with Crippen molar-refractivity contribution in [1.29, 1.82) is 0 Å². The monoisotopic (exact) mass is 216 g/mol. The minimum absolute atomic E-state index is 0.913. The molecule has 11 heavy (non-hydrogen) atoms. The number of aromatic nitrogens is 2. The predicted octanol–water partition coefficient (Wildman–Crippen LogP) is 2.27. The molecule has 1 aromatic heterocycles. The van der Waals surface area contributed by atoms with Crippen molar-refractivity contribution in [1.82, 2.24) is 9.78 Å². The Balaban J connectivity index is 2.88. The van der Waals surface area contributed by atoms with Gasteiger partial charge in [0, 0.05) is 23.6 Å². The van der Waals surface area contributed by atoms with Gasteiger partial charge in [-0.1, -0.05) is 29.3 Å². The van der Waals surface area contributed by atoms with E-state index in [0.717, 1.165) is 11.8 Å². The van der Waals surface area contributed by atoms with Gasteiger partial charge in [-0.25, -0.2) is 0 Å². The Morgan fingerprint density at radius 3 is 2.91 bits per heavy atom. The smallest absolute Gasteiger partial charge is 0.0533 e. The second-order valence-corrected chi connectivity index (χ2v) is 3.18. The van der Waals surface area contributed by atoms with E-state index in [1.807, 2.05) is 17.9 Å². The maximum absolute atomic E-state index is 4.19. The molecule has 0 saturated heterocycles. The van der Waals surface area contributed by atoms with E-state index in [9.17, 15) is 0 Å². The molecular formula is C8H13BrN2. The number of hydrogen-bond acceptors (Lipinski definition) is 1. The molecule has 0 unspecified atom stereocenters. The van der Waals surface area contributed by atoms with Crippen LogP contribution in [-0.4, -0.2) is 9.78 Å². The number of aryl methyl sites for hydroxylation is 1. The van der Waals surface area contributed by atoms with Crippen molar-refractivity contribution in [3.05, 3.63) is 17.5 Å². The molecule has 0 aliphatic rings. The first-order valence-electron chi connectivity index (χ1n) is 3.85. The van der Waals surface area contributed by atoms with Gasteiger partial charge in [0.15, 0.2) is 0 Å². The lowest BCUT2D eigenvalue weighted by molar-refractivity contribution is 0.695. The number of rotatable bonds is 3. The summed E-state index contributed by atoms with van der Waals surface area (Å²) in [6.45, 7) is 2.19. The van der Waals surface area contributed by atoms with Crippen molar-refractivity contribution in [2.45, 2.75) is 25.1 Å². The first-order valence-corrected chi connectivity index (χ1v) is 4.97. The predicted molar refractivity (Wildman–Crippen MR) is 49.8 cm³/mol. The topological polar surface area (TPSA) is 17.8 Å². The van der Waals surface area contributed by atoms with Gasteiger partial charge in [-0.15, -0.1) is 0 Å². The molecule has 0 aliphatic heterocycles. The molecule has 0 atom stereocenters. The van der Waals surface area contributed by atoms with E-state index in [1.54, 1.807) is 0 Å². The summed E-state index contributed by atoms with van der Waals surface area (Å²) in [6.07, 6.45) is 4.23. The van der Waals surface area contributed by atoms with Gasteiger partial charge in [-0.2, -0.15) is 5.10 Å². The first-order chi connectivity index (χ1) is 5.29. The summed E-state index contributed by atoms with van der Waals surface area (Å²) in [7, 11) is 2.00. The number of nitrogens with zero attached hydrogens (tertiary/aromatic N) is 2. The molecule has 62 valence electrons. The lowest BCUT2D eigenvalue weighted by Gasteiger charge is -2.00. The molecule has 0 bridgehead atoms. The fourth-order valence-corrected chi connectivity index (χ4v) is 1.65. The lowest BCUT2D eigenvalue weighted by Crippen LogP contribution is -1.99. The van der Waals surface area contributed by atoms with E-state index in [2.05, 4.69) is 28.0 Å². The van der Waals surface area contributed by atoms with Crippen molar-refractivity contribution in [2.75, 3.05) is 0 Å². The normalized spacial score (nSPS) is 10.5. The Bertz CT molecular complexity index is 230. The van der Waals surface area contributed by atoms with Crippen LogP contribution in [0.15, 0.2) is 6.20 Å². The Labute approximate surface area is 75.7 Å². The largest absolute Gasteiger partial charge is 0.272 e. The Kier molecular flexibility index (Phi) is 3.12. The molecule has 0 spiro atoms. The van der Waals surface area contributed by atoms with Crippen LogP contribution in [-0.2, 0) is 18.8 Å². The summed E-state index contributed by atoms with van der Waals surface area (Å²) in [5.41, 5.74) is 2.67. The minimum atomic E-state index is 0.913. The molecule has 0 N–H and O–H groups in total. The number of halogens is 1. The molecule has 3 heteroatoms. The number of alkyl halides is 1. The highest BCUT2D eigenvalue weighted by Gasteiger charge is 2.04. The van der Waals surface area contributed by atoms with Crippen molar-refractivity contribution >= 4 is 15.9 Å². The molecule has 0 radical (unpaired) electrons. The maximum atomic E-state index is 4.19. The van der Waals surface area contributed by atoms with Crippen molar-refractivity contribution in [3.63, 3.8) is 0 Å². The highest BCUT2D eigenvalue weighted by Crippen LogP contribution is 2.12. The maximum Gasteiger partial charge on any atom is 0.0533 e. The average molecular weight is 217 g/mol. The average Bonchev–Trinajstić information content (AvgIpc) is 2.34. The van der Waals surface area contributed by atoms with Crippen molar-refractivity contribution in [3.8, 4) is 0 Å². The summed E-state index contributed by atoms with van der Waals surface area (Å²) >= 11 is 3.44. The zero-order valence-corrected chi connectivity index (χ0v) is 8.56. The van der Waals surface area contributed by atoms with Gasteiger partial charge in [-0.05, 0) is 6.42 Å². The van der Waals surface area contributed by atoms with Crippen LogP contribution >= 0.6 is 15.9 Å². The van der Waals surface area contributed by atoms with Crippen LogP contribution in [0.5, 0.6) is 0 Å². The van der Waals surface area contributed by atoms with Crippen molar-refractivity contribution in [2.24, 2.45) is 7.05 Å². The quantitative estimate of drug-likeness (QED) is 0.710. The highest BCUT2D eigenvalue weighted by molar-refractivity contribution is 9.08. The SMILES string of the molecule is CCCc1c(CBr)cnn1C. The summed E-state index contributed by atoms with van der Waals surface area (Å²) in [6, 6.07) is 0. The first kappa shape index (κ1) is 8.78. The van der Waals surface area contributed by atoms with Gasteiger partial charge in [0.2, 0.25) is 0 Å². The third-order valence-corrected chi connectivity index (χ3v) is 2.38. The van der Waals surface area contributed by atoms with E-state index in [0.29, 0.717) is 0 Å². The van der Waals surface area contributed by atoms with Crippen molar-refractivity contribution < 1.29 is 0 Å². The molecule has 0 aromatic carbocycles. The van der Waals surface area contributed by atoms with Crippen LogP contribution < -0.4 is 0 Å². The molecule has 2 nitrogen and oxygen atoms in total. The second-order valence-electron chi connectivity index (χ2n) is 2.62. The summed E-state index contributed by atoms with van der Waals surface area (Å²) in [5.74, 6) is 0. The van der Waals surface area contributed by atoms with Crippen LogP contribution in [0, 0.1) is 0 Å². The Morgan fingerprint density at radius 1 is 1.64 bits per heavy atom. The molecule has 0 aliphatic carbocycles. The van der Waals surface area contributed by atoms with E-state index in [4.69, 9.17) is 0 Å². The summed E-state index contributed by atoms with van der Waals surface area (Å²) in [5, 5.41) is 5.11. The van der Waals surface area contributed by atoms with Gasteiger partial charge in [0.25, 0.3) is 0 Å². The van der Waals surface area contributed by atoms with Crippen LogP contribution in [0.4, 0.5) is 0 Å². The van der Waals surface area contributed by atoms with Gasteiger partial charge >= 0.3 is 0 Å². The van der Waals surface area contributed by atoms with Crippen LogP contribution in [0.1, 0.15) is 24.6 Å². The lowest BCUT2D eigenvalue weighted by atomic mass is 10.2. The third kappa shape index (κ3) is 1.83. The molecule has 1 heterocycles. The molecule has 1 aromatic rings. The standard InChI is InChI=1S/C8H13BrN2/c1-3-4-8-7(5-9)6-10-11(8)2/h6H,3-5H2,1-2H3. The zero-order valence-electron chi connectivity index (χ0n) is 6.97. The van der Waals surface area contributed by atoms with Gasteiger partial charge in [0.05, 0.1) is 6.20 Å². The van der Waals surface area contributed by atoms with E-state index in [-0.39, 0.29) is 0 Å². The van der Waals surface area contributed by atoms with Crippen LogP contribution in [0.2, 0.25) is 0 Å². The Hall–Kier alpha value is -0.310. The fraction of sp³-hybridized carbons (Fsp3) is 0.625. The molecule has 0 fully saturated rings. The molecular weight excluding hydrogens is 204 g/mol. The third-order valence-electron chi connectivity index (χ3n) is 1.78. The van der Waals surface area contributed by atoms with E-state index in [1.165, 1.54) is 17.7 Å². The summed E-state index contributed by atoms with van der Waals surface area (Å²) in [4.78, 5) is 0. The van der Waals surface area contributed by atoms with Crippen LogP contribution in [0.3, 0.4) is 0 Å². The number of hydrogen-bond donors (Lipinski definition) is 0. The van der Waals surface area contributed by atoms with Crippen LogP contribution in [0.25, 0.3) is 0 Å². The summed E-state index contributed by atoms with van der Waals surface area (Å²) < 4.78 is 1.96. The van der Waals surface area contributed by atoms with Gasteiger partial charge < -0.3 is 0 Å². The molecule has 0 saturated carbocycles. The zero-order chi connectivity index (χ0) is 8.27.